The van der Waals surface area contributed by atoms with Crippen molar-refractivity contribution in [2.24, 2.45) is 4.99 Å². The van der Waals surface area contributed by atoms with Crippen LogP contribution in [0.2, 0.25) is 0 Å². The molecule has 0 fully saturated rings. The Labute approximate surface area is 166 Å². The van der Waals surface area contributed by atoms with Crippen LogP contribution in [0.5, 0.6) is 0 Å². The first-order valence-corrected chi connectivity index (χ1v) is 8.96. The number of thiazole rings is 1. The molecule has 1 aromatic heterocycles. The first-order valence-electron chi connectivity index (χ1n) is 8.15. The largest absolute Gasteiger partial charge is 0.356 e. The van der Waals surface area contributed by atoms with Gasteiger partial charge in [0, 0.05) is 37.6 Å². The Morgan fingerprint density at radius 2 is 1.96 bits per heavy atom. The molecule has 132 valence electrons. The molecule has 0 saturated heterocycles. The minimum atomic E-state index is 0. The second kappa shape index (κ2) is 11.4. The molecule has 6 heteroatoms. The van der Waals surface area contributed by atoms with Gasteiger partial charge in [-0.3, -0.25) is 4.99 Å². The Hall–Kier alpha value is -1.15. The number of aromatic nitrogens is 1. The smallest absolute Gasteiger partial charge is 0.191 e. The predicted octanol–water partition coefficient (Wildman–Crippen LogP) is 3.58. The highest BCUT2D eigenvalue weighted by Gasteiger charge is 2.02. The lowest BCUT2D eigenvalue weighted by Gasteiger charge is -2.11. The average Bonchev–Trinajstić information content (AvgIpc) is 3.01. The number of halogens is 1. The van der Waals surface area contributed by atoms with E-state index in [2.05, 4.69) is 58.7 Å². The van der Waals surface area contributed by atoms with Gasteiger partial charge in [-0.25, -0.2) is 4.98 Å². The summed E-state index contributed by atoms with van der Waals surface area (Å²) >= 11 is 1.80. The van der Waals surface area contributed by atoms with Crippen LogP contribution >= 0.6 is 35.3 Å². The molecule has 2 N–H and O–H groups in total. The van der Waals surface area contributed by atoms with Gasteiger partial charge in [-0.15, -0.1) is 35.3 Å². The lowest BCUT2D eigenvalue weighted by Crippen LogP contribution is -2.39. The molecule has 0 atom stereocenters. The third kappa shape index (κ3) is 7.17. The molecule has 1 heterocycles. The monoisotopic (exact) mass is 458 g/mol. The molecule has 2 rings (SSSR count). The van der Waals surface area contributed by atoms with E-state index in [0.29, 0.717) is 0 Å². The van der Waals surface area contributed by atoms with Gasteiger partial charge in [0.2, 0.25) is 0 Å². The van der Waals surface area contributed by atoms with Crippen LogP contribution in [0.15, 0.2) is 35.5 Å². The van der Waals surface area contributed by atoms with E-state index in [0.717, 1.165) is 38.3 Å². The van der Waals surface area contributed by atoms with Crippen molar-refractivity contribution < 1.29 is 0 Å². The second-order valence-corrected chi connectivity index (χ2v) is 6.69. The number of guanidine groups is 1. The number of aliphatic imine (C=N–C) groups is 1. The summed E-state index contributed by atoms with van der Waals surface area (Å²) in [7, 11) is 1.81. The summed E-state index contributed by atoms with van der Waals surface area (Å²) in [6, 6.07) is 8.63. The van der Waals surface area contributed by atoms with E-state index in [1.165, 1.54) is 21.0 Å². The van der Waals surface area contributed by atoms with E-state index in [-0.39, 0.29) is 24.0 Å². The third-order valence-electron chi connectivity index (χ3n) is 3.59. The quantitative estimate of drug-likeness (QED) is 0.379. The molecular weight excluding hydrogens is 431 g/mol. The highest BCUT2D eigenvalue weighted by molar-refractivity contribution is 14.0. The summed E-state index contributed by atoms with van der Waals surface area (Å²) < 4.78 is 0. The van der Waals surface area contributed by atoms with Gasteiger partial charge in [0.1, 0.15) is 0 Å². The molecule has 2 aromatic rings. The van der Waals surface area contributed by atoms with Gasteiger partial charge in [-0.05, 0) is 25.3 Å². The van der Waals surface area contributed by atoms with Crippen molar-refractivity contribution in [1.29, 1.82) is 0 Å². The van der Waals surface area contributed by atoms with E-state index in [4.69, 9.17) is 0 Å². The lowest BCUT2D eigenvalue weighted by atomic mass is 10.1. The maximum atomic E-state index is 4.44. The SMILES string of the molecule is CCc1cnc(CCNC(=NC)NCCc2cccc(C)c2)s1.I. The summed E-state index contributed by atoms with van der Waals surface area (Å²) in [4.78, 5) is 10.1. The molecule has 4 nitrogen and oxygen atoms in total. The predicted molar refractivity (Wildman–Crippen MR) is 115 cm³/mol. The molecule has 0 unspecified atom stereocenters. The fourth-order valence-electron chi connectivity index (χ4n) is 2.33. The maximum absolute atomic E-state index is 4.44. The number of nitrogens with zero attached hydrogens (tertiary/aromatic N) is 2. The Kier molecular flexibility index (Phi) is 9.94. The van der Waals surface area contributed by atoms with Crippen LogP contribution in [0.3, 0.4) is 0 Å². The highest BCUT2D eigenvalue weighted by atomic mass is 127. The Morgan fingerprint density at radius 1 is 1.21 bits per heavy atom. The topological polar surface area (TPSA) is 49.3 Å². The van der Waals surface area contributed by atoms with Crippen LogP contribution < -0.4 is 10.6 Å². The first-order chi connectivity index (χ1) is 11.2. The number of benzene rings is 1. The van der Waals surface area contributed by atoms with Gasteiger partial charge >= 0.3 is 0 Å². The standard InChI is InChI=1S/C18H26N4S.HI/c1-4-16-13-22-17(23-16)9-11-21-18(19-3)20-10-8-15-7-5-6-14(2)12-15;/h5-7,12-13H,4,8-11H2,1-3H3,(H2,19,20,21);1H. The normalized spacial score (nSPS) is 11.0. The fraction of sp³-hybridized carbons (Fsp3) is 0.444. The summed E-state index contributed by atoms with van der Waals surface area (Å²) in [6.45, 7) is 6.01. The van der Waals surface area contributed by atoms with Gasteiger partial charge in [-0.2, -0.15) is 0 Å². The van der Waals surface area contributed by atoms with Gasteiger partial charge in [0.15, 0.2) is 5.96 Å². The second-order valence-electron chi connectivity index (χ2n) is 5.49. The molecular formula is C18H27IN4S. The minimum Gasteiger partial charge on any atom is -0.356 e. The summed E-state index contributed by atoms with van der Waals surface area (Å²) in [5, 5.41) is 7.90. The molecule has 24 heavy (non-hydrogen) atoms. The number of aryl methyl sites for hydroxylation is 2. The summed E-state index contributed by atoms with van der Waals surface area (Å²) in [5.41, 5.74) is 2.66. The van der Waals surface area contributed by atoms with Gasteiger partial charge < -0.3 is 10.6 Å². The zero-order valence-electron chi connectivity index (χ0n) is 14.6. The van der Waals surface area contributed by atoms with Crippen LogP contribution in [-0.2, 0) is 19.3 Å². The van der Waals surface area contributed by atoms with Gasteiger partial charge in [0.05, 0.1) is 5.01 Å². The molecule has 0 radical (unpaired) electrons. The molecule has 0 saturated carbocycles. The number of hydrogen-bond donors (Lipinski definition) is 2. The van der Waals surface area contributed by atoms with E-state index in [1.54, 1.807) is 18.4 Å². The van der Waals surface area contributed by atoms with E-state index < -0.39 is 0 Å². The first kappa shape index (κ1) is 20.9. The Balaban J connectivity index is 0.00000288. The molecule has 0 aliphatic carbocycles. The molecule has 0 aliphatic rings. The molecule has 0 spiro atoms. The van der Waals surface area contributed by atoms with Crippen LogP contribution in [0.25, 0.3) is 0 Å². The third-order valence-corrected chi connectivity index (χ3v) is 4.79. The van der Waals surface area contributed by atoms with Crippen molar-refractivity contribution >= 4 is 41.3 Å². The number of nitrogens with one attached hydrogen (secondary N) is 2. The van der Waals surface area contributed by atoms with Crippen LogP contribution in [-0.4, -0.2) is 31.1 Å². The maximum Gasteiger partial charge on any atom is 0.191 e. The van der Waals surface area contributed by atoms with Crippen LogP contribution in [0, 0.1) is 6.92 Å². The number of rotatable bonds is 7. The Morgan fingerprint density at radius 3 is 2.58 bits per heavy atom. The van der Waals surface area contributed by atoms with Crippen molar-refractivity contribution in [3.05, 3.63) is 51.5 Å². The van der Waals surface area contributed by atoms with Gasteiger partial charge in [-0.1, -0.05) is 36.8 Å². The van der Waals surface area contributed by atoms with Crippen molar-refractivity contribution in [1.82, 2.24) is 15.6 Å². The molecule has 1 aromatic carbocycles. The molecule has 0 bridgehead atoms. The van der Waals surface area contributed by atoms with Crippen LogP contribution in [0.1, 0.15) is 27.9 Å². The van der Waals surface area contributed by atoms with Crippen molar-refractivity contribution in [3.8, 4) is 0 Å². The zero-order valence-corrected chi connectivity index (χ0v) is 17.8. The fourth-order valence-corrected chi connectivity index (χ4v) is 3.19. The molecule has 0 aliphatic heterocycles. The number of hydrogen-bond acceptors (Lipinski definition) is 3. The molecule has 0 amide bonds. The Bertz CT molecular complexity index is 639. The lowest BCUT2D eigenvalue weighted by molar-refractivity contribution is 0.782. The van der Waals surface area contributed by atoms with E-state index in [1.807, 2.05) is 6.20 Å². The van der Waals surface area contributed by atoms with Gasteiger partial charge in [0.25, 0.3) is 0 Å². The van der Waals surface area contributed by atoms with Crippen molar-refractivity contribution in [2.45, 2.75) is 33.1 Å². The zero-order chi connectivity index (χ0) is 16.5. The van der Waals surface area contributed by atoms with Crippen molar-refractivity contribution in [2.75, 3.05) is 20.1 Å². The van der Waals surface area contributed by atoms with E-state index in [9.17, 15) is 0 Å². The summed E-state index contributed by atoms with van der Waals surface area (Å²) in [6.07, 6.45) is 4.97. The van der Waals surface area contributed by atoms with Crippen molar-refractivity contribution in [3.63, 3.8) is 0 Å². The summed E-state index contributed by atoms with van der Waals surface area (Å²) in [5.74, 6) is 0.852. The van der Waals surface area contributed by atoms with E-state index >= 15 is 0 Å². The highest BCUT2D eigenvalue weighted by Crippen LogP contribution is 2.13. The van der Waals surface area contributed by atoms with Crippen LogP contribution in [0.4, 0.5) is 0 Å². The average molecular weight is 458 g/mol. The minimum absolute atomic E-state index is 0.